The molecule has 3 heteroatoms. The molecule has 1 aromatic rings. The SMILES string of the molecule is CC1(C)CCC(N)C(c2cc(F)ccc2F)C1. The first kappa shape index (κ1) is 12.5. The Morgan fingerprint density at radius 1 is 1.29 bits per heavy atom. The Labute approximate surface area is 101 Å². The van der Waals surface area contributed by atoms with Crippen LogP contribution in [0.3, 0.4) is 0 Å². The predicted octanol–water partition coefficient (Wildman–Crippen LogP) is 3.59. The Morgan fingerprint density at radius 3 is 2.71 bits per heavy atom. The highest BCUT2D eigenvalue weighted by Crippen LogP contribution is 2.43. The minimum atomic E-state index is -0.392. The Bertz CT molecular complexity index is 415. The number of benzene rings is 1. The summed E-state index contributed by atoms with van der Waals surface area (Å²) in [5.74, 6) is -0.809. The van der Waals surface area contributed by atoms with Gasteiger partial charge in [0.05, 0.1) is 0 Å². The molecule has 2 rings (SSSR count). The van der Waals surface area contributed by atoms with Gasteiger partial charge >= 0.3 is 0 Å². The predicted molar refractivity (Wildman–Crippen MR) is 64.7 cm³/mol. The average Bonchev–Trinajstić information content (AvgIpc) is 2.25. The summed E-state index contributed by atoms with van der Waals surface area (Å²) >= 11 is 0. The summed E-state index contributed by atoms with van der Waals surface area (Å²) in [6, 6.07) is 3.57. The van der Waals surface area contributed by atoms with Crippen molar-refractivity contribution in [1.29, 1.82) is 0 Å². The molecule has 1 nitrogen and oxygen atoms in total. The Hall–Kier alpha value is -0.960. The fourth-order valence-electron chi connectivity index (χ4n) is 2.75. The van der Waals surface area contributed by atoms with E-state index in [2.05, 4.69) is 13.8 Å². The van der Waals surface area contributed by atoms with Gasteiger partial charge in [-0.3, -0.25) is 0 Å². The van der Waals surface area contributed by atoms with Crippen LogP contribution in [0.5, 0.6) is 0 Å². The quantitative estimate of drug-likeness (QED) is 0.796. The van der Waals surface area contributed by atoms with Gasteiger partial charge in [0.1, 0.15) is 11.6 Å². The zero-order valence-corrected chi connectivity index (χ0v) is 10.3. The molecule has 0 bridgehead atoms. The Kier molecular flexibility index (Phi) is 3.21. The van der Waals surface area contributed by atoms with Crippen molar-refractivity contribution >= 4 is 0 Å². The van der Waals surface area contributed by atoms with E-state index < -0.39 is 5.82 Å². The van der Waals surface area contributed by atoms with Crippen LogP contribution < -0.4 is 5.73 Å². The molecule has 0 spiro atoms. The van der Waals surface area contributed by atoms with E-state index in [4.69, 9.17) is 5.73 Å². The molecule has 94 valence electrons. The van der Waals surface area contributed by atoms with Crippen molar-refractivity contribution in [1.82, 2.24) is 0 Å². The zero-order valence-electron chi connectivity index (χ0n) is 10.3. The molecule has 1 saturated carbocycles. The van der Waals surface area contributed by atoms with Crippen LogP contribution in [0.1, 0.15) is 44.6 Å². The Morgan fingerprint density at radius 2 is 2.00 bits per heavy atom. The number of halogens is 2. The summed E-state index contributed by atoms with van der Waals surface area (Å²) in [4.78, 5) is 0. The zero-order chi connectivity index (χ0) is 12.6. The van der Waals surface area contributed by atoms with Gasteiger partial charge in [-0.2, -0.15) is 0 Å². The maximum absolute atomic E-state index is 13.8. The number of nitrogens with two attached hydrogens (primary N) is 1. The van der Waals surface area contributed by atoms with Gasteiger partial charge in [-0.1, -0.05) is 13.8 Å². The maximum atomic E-state index is 13.8. The molecule has 0 amide bonds. The van der Waals surface area contributed by atoms with Crippen LogP contribution in [-0.4, -0.2) is 6.04 Å². The third-order valence-corrected chi connectivity index (χ3v) is 3.80. The number of rotatable bonds is 1. The molecular formula is C14H19F2N. The normalized spacial score (nSPS) is 28.1. The van der Waals surface area contributed by atoms with Crippen molar-refractivity contribution in [2.45, 2.75) is 45.1 Å². The van der Waals surface area contributed by atoms with E-state index in [1.165, 1.54) is 12.1 Å². The smallest absolute Gasteiger partial charge is 0.126 e. The van der Waals surface area contributed by atoms with Gasteiger partial charge in [0.25, 0.3) is 0 Å². The van der Waals surface area contributed by atoms with Gasteiger partial charge in [-0.25, -0.2) is 8.78 Å². The van der Waals surface area contributed by atoms with Gasteiger partial charge in [0.15, 0.2) is 0 Å². The summed E-state index contributed by atoms with van der Waals surface area (Å²) in [6.45, 7) is 4.31. The Balaban J connectivity index is 2.34. The van der Waals surface area contributed by atoms with Gasteiger partial charge in [0.2, 0.25) is 0 Å². The first-order valence-corrected chi connectivity index (χ1v) is 6.09. The van der Waals surface area contributed by atoms with Crippen molar-refractivity contribution in [3.8, 4) is 0 Å². The van der Waals surface area contributed by atoms with Crippen LogP contribution in [0.15, 0.2) is 18.2 Å². The van der Waals surface area contributed by atoms with Crippen molar-refractivity contribution in [2.75, 3.05) is 0 Å². The second-order valence-electron chi connectivity index (χ2n) is 5.84. The molecule has 2 unspecified atom stereocenters. The summed E-state index contributed by atoms with van der Waals surface area (Å²) in [5.41, 5.74) is 6.65. The molecule has 2 N–H and O–H groups in total. The van der Waals surface area contributed by atoms with E-state index in [1.807, 2.05) is 0 Å². The molecule has 1 fully saturated rings. The lowest BCUT2D eigenvalue weighted by atomic mass is 9.68. The fourth-order valence-corrected chi connectivity index (χ4v) is 2.75. The maximum Gasteiger partial charge on any atom is 0.126 e. The van der Waals surface area contributed by atoms with Crippen LogP contribution >= 0.6 is 0 Å². The van der Waals surface area contributed by atoms with Gasteiger partial charge < -0.3 is 5.73 Å². The van der Waals surface area contributed by atoms with E-state index in [0.717, 1.165) is 25.3 Å². The second kappa shape index (κ2) is 4.37. The van der Waals surface area contributed by atoms with E-state index in [0.29, 0.717) is 5.56 Å². The molecule has 0 radical (unpaired) electrons. The fraction of sp³-hybridized carbons (Fsp3) is 0.571. The van der Waals surface area contributed by atoms with Crippen LogP contribution in [0.4, 0.5) is 8.78 Å². The van der Waals surface area contributed by atoms with Crippen molar-refractivity contribution in [3.05, 3.63) is 35.4 Å². The number of hydrogen-bond acceptors (Lipinski definition) is 1. The first-order valence-electron chi connectivity index (χ1n) is 6.09. The average molecular weight is 239 g/mol. The van der Waals surface area contributed by atoms with Gasteiger partial charge in [-0.05, 0) is 48.4 Å². The lowest BCUT2D eigenvalue weighted by Crippen LogP contribution is -2.38. The summed E-state index contributed by atoms with van der Waals surface area (Å²) in [6.07, 6.45) is 2.73. The lowest BCUT2D eigenvalue weighted by Gasteiger charge is -2.39. The van der Waals surface area contributed by atoms with E-state index in [1.54, 1.807) is 0 Å². The summed E-state index contributed by atoms with van der Waals surface area (Å²) in [5, 5.41) is 0. The van der Waals surface area contributed by atoms with Crippen LogP contribution in [0, 0.1) is 17.0 Å². The molecular weight excluding hydrogens is 220 g/mol. The molecule has 1 aliphatic carbocycles. The van der Waals surface area contributed by atoms with Gasteiger partial charge in [0, 0.05) is 12.0 Å². The van der Waals surface area contributed by atoms with Crippen LogP contribution in [-0.2, 0) is 0 Å². The second-order valence-corrected chi connectivity index (χ2v) is 5.84. The monoisotopic (exact) mass is 239 g/mol. The van der Waals surface area contributed by atoms with Crippen LogP contribution in [0.25, 0.3) is 0 Å². The van der Waals surface area contributed by atoms with Crippen molar-refractivity contribution in [2.24, 2.45) is 11.1 Å². The topological polar surface area (TPSA) is 26.0 Å². The molecule has 2 atom stereocenters. The molecule has 17 heavy (non-hydrogen) atoms. The van der Waals surface area contributed by atoms with Crippen molar-refractivity contribution in [3.63, 3.8) is 0 Å². The summed E-state index contributed by atoms with van der Waals surface area (Å²) < 4.78 is 27.0. The highest BCUT2D eigenvalue weighted by Gasteiger charge is 2.35. The highest BCUT2D eigenvalue weighted by atomic mass is 19.1. The molecule has 1 aliphatic rings. The molecule has 0 aliphatic heterocycles. The third kappa shape index (κ3) is 2.65. The van der Waals surface area contributed by atoms with Crippen LogP contribution in [0.2, 0.25) is 0 Å². The largest absolute Gasteiger partial charge is 0.327 e. The van der Waals surface area contributed by atoms with E-state index in [-0.39, 0.29) is 23.2 Å². The highest BCUT2D eigenvalue weighted by molar-refractivity contribution is 5.25. The minimum absolute atomic E-state index is 0.0701. The van der Waals surface area contributed by atoms with E-state index in [9.17, 15) is 8.78 Å². The molecule has 0 heterocycles. The van der Waals surface area contributed by atoms with Gasteiger partial charge in [-0.15, -0.1) is 0 Å². The summed E-state index contributed by atoms with van der Waals surface area (Å²) in [7, 11) is 0. The van der Waals surface area contributed by atoms with Crippen molar-refractivity contribution < 1.29 is 8.78 Å². The van der Waals surface area contributed by atoms with E-state index >= 15 is 0 Å². The molecule has 0 aromatic heterocycles. The number of hydrogen-bond donors (Lipinski definition) is 1. The minimum Gasteiger partial charge on any atom is -0.327 e. The lowest BCUT2D eigenvalue weighted by molar-refractivity contribution is 0.196. The molecule has 0 saturated heterocycles. The first-order chi connectivity index (χ1) is 7.89. The molecule has 1 aromatic carbocycles. The standard InChI is InChI=1S/C14H19F2N/c1-14(2)6-5-13(17)11(8-14)10-7-9(15)3-4-12(10)16/h3-4,7,11,13H,5-6,8,17H2,1-2H3. The third-order valence-electron chi connectivity index (χ3n) is 3.80.